The molecule has 0 aliphatic heterocycles. The van der Waals surface area contributed by atoms with Gasteiger partial charge in [-0.05, 0) is 13.3 Å². The summed E-state index contributed by atoms with van der Waals surface area (Å²) in [6, 6.07) is 0. The molecule has 66 valence electrons. The number of hydrogen-bond donors (Lipinski definition) is 3. The van der Waals surface area contributed by atoms with Gasteiger partial charge in [0.25, 0.3) is 0 Å². The Morgan fingerprint density at radius 1 is 1.64 bits per heavy atom. The van der Waals surface area contributed by atoms with E-state index in [1.165, 1.54) is 0 Å². The summed E-state index contributed by atoms with van der Waals surface area (Å²) in [5, 5.41) is 19.5. The van der Waals surface area contributed by atoms with Crippen molar-refractivity contribution in [1.29, 1.82) is 0 Å². The van der Waals surface area contributed by atoms with E-state index < -0.39 is 11.6 Å². The Labute approximate surface area is 66.2 Å². The number of carboxylic acid groups (broad SMARTS) is 1. The zero-order valence-electron chi connectivity index (χ0n) is 6.92. The molecule has 0 aliphatic rings. The molecule has 4 nitrogen and oxygen atoms in total. The van der Waals surface area contributed by atoms with Gasteiger partial charge in [-0.15, -0.1) is 0 Å². The van der Waals surface area contributed by atoms with Crippen molar-refractivity contribution in [3.05, 3.63) is 0 Å². The van der Waals surface area contributed by atoms with Crippen molar-refractivity contribution >= 4 is 6.09 Å². The molecule has 0 aromatic rings. The predicted octanol–water partition coefficient (Wildman–Crippen LogP) is 0.805. The minimum absolute atomic E-state index is 0.160. The lowest BCUT2D eigenvalue weighted by atomic mass is 9.98. The summed E-state index contributed by atoms with van der Waals surface area (Å²) >= 11 is 0. The Morgan fingerprint density at radius 2 is 2.18 bits per heavy atom. The molecule has 0 saturated heterocycles. The fraction of sp³-hybridized carbons (Fsp3) is 0.857. The maximum atomic E-state index is 10.2. The highest BCUT2D eigenvalue weighted by Gasteiger charge is 2.23. The van der Waals surface area contributed by atoms with Crippen LogP contribution in [-0.4, -0.2) is 28.5 Å². The van der Waals surface area contributed by atoms with Gasteiger partial charge in [-0.1, -0.05) is 13.3 Å². The number of rotatable bonds is 4. The average molecular weight is 161 g/mol. The molecule has 0 aliphatic carbocycles. The van der Waals surface area contributed by atoms with Crippen molar-refractivity contribution in [3.63, 3.8) is 0 Å². The van der Waals surface area contributed by atoms with Crippen molar-refractivity contribution in [2.45, 2.75) is 32.2 Å². The molecule has 0 aromatic heterocycles. The number of carbonyl (C=O) groups is 1. The average Bonchev–Trinajstić information content (AvgIpc) is 1.87. The lowest BCUT2D eigenvalue weighted by Crippen LogP contribution is -2.48. The minimum Gasteiger partial charge on any atom is -0.465 e. The monoisotopic (exact) mass is 161 g/mol. The van der Waals surface area contributed by atoms with Gasteiger partial charge in [0.15, 0.2) is 0 Å². The van der Waals surface area contributed by atoms with Crippen LogP contribution in [0.5, 0.6) is 0 Å². The summed E-state index contributed by atoms with van der Waals surface area (Å²) in [4.78, 5) is 10.2. The first-order chi connectivity index (χ1) is 5.04. The van der Waals surface area contributed by atoms with E-state index in [9.17, 15) is 4.79 Å². The predicted molar refractivity (Wildman–Crippen MR) is 41.6 cm³/mol. The van der Waals surface area contributed by atoms with E-state index >= 15 is 0 Å². The molecule has 0 aromatic carbocycles. The van der Waals surface area contributed by atoms with Crippen molar-refractivity contribution in [2.24, 2.45) is 0 Å². The fourth-order valence-corrected chi connectivity index (χ4v) is 0.991. The Hall–Kier alpha value is -0.770. The van der Waals surface area contributed by atoms with Crippen molar-refractivity contribution in [1.82, 2.24) is 5.32 Å². The molecular weight excluding hydrogens is 146 g/mol. The third kappa shape index (κ3) is 3.83. The molecule has 1 atom stereocenters. The molecule has 0 fully saturated rings. The van der Waals surface area contributed by atoms with Crippen molar-refractivity contribution in [3.8, 4) is 0 Å². The van der Waals surface area contributed by atoms with E-state index in [1.807, 2.05) is 6.92 Å². The number of hydrogen-bond acceptors (Lipinski definition) is 2. The van der Waals surface area contributed by atoms with Gasteiger partial charge >= 0.3 is 6.09 Å². The van der Waals surface area contributed by atoms with Gasteiger partial charge in [0.1, 0.15) is 0 Å². The molecule has 0 heterocycles. The minimum atomic E-state index is -1.09. The van der Waals surface area contributed by atoms with Crippen LogP contribution in [0.4, 0.5) is 4.79 Å². The van der Waals surface area contributed by atoms with Crippen LogP contribution in [-0.2, 0) is 0 Å². The Bertz CT molecular complexity index is 138. The molecule has 3 N–H and O–H groups in total. The SMILES string of the molecule is CCC[C@](C)(CO)NC(=O)O. The van der Waals surface area contributed by atoms with Gasteiger partial charge in [0.05, 0.1) is 12.1 Å². The van der Waals surface area contributed by atoms with E-state index in [1.54, 1.807) is 6.92 Å². The molecule has 4 heteroatoms. The van der Waals surface area contributed by atoms with Crippen LogP contribution in [0.3, 0.4) is 0 Å². The van der Waals surface area contributed by atoms with Crippen LogP contribution in [0.15, 0.2) is 0 Å². The Balaban J connectivity index is 3.98. The van der Waals surface area contributed by atoms with Crippen LogP contribution in [0.2, 0.25) is 0 Å². The normalized spacial score (nSPS) is 15.5. The van der Waals surface area contributed by atoms with E-state index in [4.69, 9.17) is 10.2 Å². The maximum Gasteiger partial charge on any atom is 0.405 e. The summed E-state index contributed by atoms with van der Waals surface area (Å²) in [6.07, 6.45) is 0.405. The first kappa shape index (κ1) is 10.2. The van der Waals surface area contributed by atoms with Crippen molar-refractivity contribution < 1.29 is 15.0 Å². The molecule has 0 bridgehead atoms. The van der Waals surface area contributed by atoms with Gasteiger partial charge in [0.2, 0.25) is 0 Å². The molecule has 11 heavy (non-hydrogen) atoms. The van der Waals surface area contributed by atoms with Gasteiger partial charge < -0.3 is 15.5 Å². The van der Waals surface area contributed by atoms with E-state index in [-0.39, 0.29) is 6.61 Å². The largest absolute Gasteiger partial charge is 0.465 e. The third-order valence-electron chi connectivity index (χ3n) is 1.56. The number of aliphatic hydroxyl groups excluding tert-OH is 1. The van der Waals surface area contributed by atoms with Crippen molar-refractivity contribution in [2.75, 3.05) is 6.61 Å². The van der Waals surface area contributed by atoms with Crippen LogP contribution in [0.1, 0.15) is 26.7 Å². The molecule has 1 amide bonds. The second-order valence-corrected chi connectivity index (χ2v) is 2.90. The molecule has 0 spiro atoms. The number of aliphatic hydroxyl groups is 1. The second kappa shape index (κ2) is 4.18. The molecule has 0 radical (unpaired) electrons. The topological polar surface area (TPSA) is 69.6 Å². The smallest absolute Gasteiger partial charge is 0.405 e. The summed E-state index contributed by atoms with van der Waals surface area (Å²) in [5.74, 6) is 0. The third-order valence-corrected chi connectivity index (χ3v) is 1.56. The Morgan fingerprint density at radius 3 is 2.45 bits per heavy atom. The maximum absolute atomic E-state index is 10.2. The van der Waals surface area contributed by atoms with Crippen LogP contribution < -0.4 is 5.32 Å². The highest BCUT2D eigenvalue weighted by molar-refractivity contribution is 5.65. The Kier molecular flexibility index (Phi) is 3.89. The van der Waals surface area contributed by atoms with Gasteiger partial charge in [-0.25, -0.2) is 4.79 Å². The molecule has 0 saturated carbocycles. The number of nitrogens with one attached hydrogen (secondary N) is 1. The van der Waals surface area contributed by atoms with Gasteiger partial charge in [-0.3, -0.25) is 0 Å². The van der Waals surface area contributed by atoms with Crippen LogP contribution in [0, 0.1) is 0 Å². The molecular formula is C7H15NO3. The molecule has 0 rings (SSSR count). The summed E-state index contributed by atoms with van der Waals surface area (Å²) in [6.45, 7) is 3.47. The standard InChI is InChI=1S/C7H15NO3/c1-3-4-7(2,5-9)8-6(10)11/h8-9H,3-5H2,1-2H3,(H,10,11)/t7-/m1/s1. The lowest BCUT2D eigenvalue weighted by molar-refractivity contribution is 0.141. The van der Waals surface area contributed by atoms with Gasteiger partial charge in [0, 0.05) is 0 Å². The first-order valence-corrected chi connectivity index (χ1v) is 3.66. The van der Waals surface area contributed by atoms with Crippen LogP contribution >= 0.6 is 0 Å². The van der Waals surface area contributed by atoms with E-state index in [2.05, 4.69) is 5.32 Å². The zero-order chi connectivity index (χ0) is 8.91. The zero-order valence-corrected chi connectivity index (χ0v) is 6.92. The lowest BCUT2D eigenvalue weighted by Gasteiger charge is -2.26. The summed E-state index contributed by atoms with van der Waals surface area (Å²) in [7, 11) is 0. The molecule has 0 unspecified atom stereocenters. The van der Waals surface area contributed by atoms with E-state index in [0.717, 1.165) is 6.42 Å². The fourth-order valence-electron chi connectivity index (χ4n) is 0.991. The highest BCUT2D eigenvalue weighted by atomic mass is 16.4. The quantitative estimate of drug-likeness (QED) is 0.571. The van der Waals surface area contributed by atoms with Crippen LogP contribution in [0.25, 0.3) is 0 Å². The van der Waals surface area contributed by atoms with E-state index in [0.29, 0.717) is 6.42 Å². The second-order valence-electron chi connectivity index (χ2n) is 2.90. The highest BCUT2D eigenvalue weighted by Crippen LogP contribution is 2.10. The van der Waals surface area contributed by atoms with Gasteiger partial charge in [-0.2, -0.15) is 0 Å². The number of amides is 1. The summed E-state index contributed by atoms with van der Waals surface area (Å²) < 4.78 is 0. The first-order valence-electron chi connectivity index (χ1n) is 3.66. The summed E-state index contributed by atoms with van der Waals surface area (Å²) in [5.41, 5.74) is -0.680.